The van der Waals surface area contributed by atoms with Crippen LogP contribution in [0.3, 0.4) is 0 Å². The average molecular weight is 248 g/mol. The quantitative estimate of drug-likeness (QED) is 0.861. The minimum Gasteiger partial charge on any atom is -0.386 e. The van der Waals surface area contributed by atoms with Gasteiger partial charge in [-0.05, 0) is 43.7 Å². The number of nitrogens with two attached hydrogens (primary N) is 1. The van der Waals surface area contributed by atoms with Crippen molar-refractivity contribution >= 4 is 0 Å². The van der Waals surface area contributed by atoms with Crippen molar-refractivity contribution in [3.05, 3.63) is 30.1 Å². The van der Waals surface area contributed by atoms with E-state index in [9.17, 15) is 5.11 Å². The first-order valence-electron chi connectivity index (χ1n) is 7.01. The van der Waals surface area contributed by atoms with E-state index in [-0.39, 0.29) is 5.41 Å². The Morgan fingerprint density at radius 3 is 2.67 bits per heavy atom. The topological polar surface area (TPSA) is 59.1 Å². The van der Waals surface area contributed by atoms with E-state index in [1.54, 1.807) is 6.20 Å². The van der Waals surface area contributed by atoms with Crippen molar-refractivity contribution in [2.24, 2.45) is 17.1 Å². The van der Waals surface area contributed by atoms with Gasteiger partial charge in [0.15, 0.2) is 0 Å². The molecule has 0 radical (unpaired) electrons. The van der Waals surface area contributed by atoms with Crippen LogP contribution in [0, 0.1) is 11.3 Å². The lowest BCUT2D eigenvalue weighted by Crippen LogP contribution is -2.40. The second-order valence-electron chi connectivity index (χ2n) is 5.58. The third-order valence-corrected chi connectivity index (χ3v) is 4.63. The number of aliphatic hydroxyl groups excluding tert-OH is 1. The summed E-state index contributed by atoms with van der Waals surface area (Å²) in [5, 5.41) is 10.6. The number of hydrogen-bond acceptors (Lipinski definition) is 3. The molecule has 3 N–H and O–H groups in total. The highest BCUT2D eigenvalue weighted by Crippen LogP contribution is 2.46. The molecule has 1 aliphatic rings. The van der Waals surface area contributed by atoms with E-state index >= 15 is 0 Å². The summed E-state index contributed by atoms with van der Waals surface area (Å²) in [6, 6.07) is 5.70. The molecule has 1 aliphatic carbocycles. The van der Waals surface area contributed by atoms with Gasteiger partial charge in [-0.25, -0.2) is 0 Å². The first-order chi connectivity index (χ1) is 8.72. The zero-order chi connectivity index (χ0) is 13.0. The van der Waals surface area contributed by atoms with Gasteiger partial charge in [-0.3, -0.25) is 4.98 Å². The molecule has 100 valence electrons. The summed E-state index contributed by atoms with van der Waals surface area (Å²) in [4.78, 5) is 4.28. The van der Waals surface area contributed by atoms with Crippen LogP contribution in [0.5, 0.6) is 0 Å². The minimum absolute atomic E-state index is 0.167. The number of pyridine rings is 1. The highest BCUT2D eigenvalue weighted by molar-refractivity contribution is 5.11. The molecule has 1 aromatic heterocycles. The Balaban J connectivity index is 2.13. The van der Waals surface area contributed by atoms with E-state index in [1.165, 1.54) is 19.3 Å². The highest BCUT2D eigenvalue weighted by atomic mass is 16.3. The van der Waals surface area contributed by atoms with Gasteiger partial charge in [0, 0.05) is 18.2 Å². The summed E-state index contributed by atoms with van der Waals surface area (Å²) >= 11 is 0. The molecule has 3 nitrogen and oxygen atoms in total. The molecular formula is C15H24N2O. The fourth-order valence-corrected chi connectivity index (χ4v) is 3.10. The molecule has 1 fully saturated rings. The van der Waals surface area contributed by atoms with Gasteiger partial charge in [0.2, 0.25) is 0 Å². The predicted molar refractivity (Wildman–Crippen MR) is 72.9 cm³/mol. The Morgan fingerprint density at radius 1 is 1.44 bits per heavy atom. The Hall–Kier alpha value is -0.930. The molecule has 1 aromatic rings. The van der Waals surface area contributed by atoms with Crippen molar-refractivity contribution in [2.75, 3.05) is 6.54 Å². The van der Waals surface area contributed by atoms with E-state index in [0.717, 1.165) is 24.5 Å². The second kappa shape index (κ2) is 5.81. The maximum atomic E-state index is 10.6. The van der Waals surface area contributed by atoms with Crippen LogP contribution in [0.2, 0.25) is 0 Å². The molecule has 0 spiro atoms. The SMILES string of the molecule is CCC1CCC(CN)(C(O)c2ccccn2)CC1. The molecule has 0 saturated heterocycles. The zero-order valence-corrected chi connectivity index (χ0v) is 11.2. The number of nitrogens with zero attached hydrogens (tertiary/aromatic N) is 1. The summed E-state index contributed by atoms with van der Waals surface area (Å²) in [6.45, 7) is 2.79. The number of aliphatic hydroxyl groups is 1. The third kappa shape index (κ3) is 2.57. The molecule has 3 heteroatoms. The van der Waals surface area contributed by atoms with Crippen molar-refractivity contribution in [1.82, 2.24) is 4.98 Å². The molecule has 2 rings (SSSR count). The van der Waals surface area contributed by atoms with Crippen LogP contribution in [0.1, 0.15) is 50.8 Å². The molecule has 18 heavy (non-hydrogen) atoms. The van der Waals surface area contributed by atoms with Gasteiger partial charge in [0.05, 0.1) is 5.69 Å². The lowest BCUT2D eigenvalue weighted by Gasteiger charge is -2.42. The van der Waals surface area contributed by atoms with Gasteiger partial charge in [0.1, 0.15) is 6.10 Å². The molecular weight excluding hydrogens is 224 g/mol. The largest absolute Gasteiger partial charge is 0.386 e. The van der Waals surface area contributed by atoms with E-state index in [2.05, 4.69) is 11.9 Å². The zero-order valence-electron chi connectivity index (χ0n) is 11.2. The molecule has 1 saturated carbocycles. The Morgan fingerprint density at radius 2 is 2.17 bits per heavy atom. The Bertz CT molecular complexity index is 358. The monoisotopic (exact) mass is 248 g/mol. The van der Waals surface area contributed by atoms with Crippen molar-refractivity contribution in [1.29, 1.82) is 0 Å². The lowest BCUT2D eigenvalue weighted by molar-refractivity contribution is -0.0129. The first-order valence-corrected chi connectivity index (χ1v) is 7.01. The van der Waals surface area contributed by atoms with Gasteiger partial charge >= 0.3 is 0 Å². The Labute approximate surface area is 109 Å². The summed E-state index contributed by atoms with van der Waals surface area (Å²) in [7, 11) is 0. The minimum atomic E-state index is -0.526. The van der Waals surface area contributed by atoms with Crippen LogP contribution in [0.25, 0.3) is 0 Å². The molecule has 0 bridgehead atoms. The number of aromatic nitrogens is 1. The summed E-state index contributed by atoms with van der Waals surface area (Å²) in [5.41, 5.74) is 6.57. The van der Waals surface area contributed by atoms with Gasteiger partial charge < -0.3 is 10.8 Å². The Kier molecular flexibility index (Phi) is 4.36. The summed E-state index contributed by atoms with van der Waals surface area (Å²) < 4.78 is 0. The van der Waals surface area contributed by atoms with Crippen LogP contribution in [-0.2, 0) is 0 Å². The fourth-order valence-electron chi connectivity index (χ4n) is 3.10. The van der Waals surface area contributed by atoms with E-state index in [4.69, 9.17) is 5.73 Å². The first kappa shape index (κ1) is 13.5. The van der Waals surface area contributed by atoms with Gasteiger partial charge in [0.25, 0.3) is 0 Å². The second-order valence-corrected chi connectivity index (χ2v) is 5.58. The van der Waals surface area contributed by atoms with Crippen LogP contribution in [-0.4, -0.2) is 16.6 Å². The molecule has 0 aliphatic heterocycles. The maximum absolute atomic E-state index is 10.6. The van der Waals surface area contributed by atoms with Crippen molar-refractivity contribution in [3.8, 4) is 0 Å². The standard InChI is InChI=1S/C15H24N2O/c1-2-12-6-8-15(11-16,9-7-12)14(18)13-5-3-4-10-17-13/h3-5,10,12,14,18H,2,6-9,11,16H2,1H3. The highest BCUT2D eigenvalue weighted by Gasteiger charge is 2.41. The van der Waals surface area contributed by atoms with E-state index in [1.807, 2.05) is 18.2 Å². The molecule has 1 atom stereocenters. The fraction of sp³-hybridized carbons (Fsp3) is 0.667. The molecule has 0 aromatic carbocycles. The number of rotatable bonds is 4. The van der Waals surface area contributed by atoms with Gasteiger partial charge in [-0.1, -0.05) is 19.4 Å². The predicted octanol–water partition coefficient (Wildman–Crippen LogP) is 2.66. The average Bonchev–Trinajstić information content (AvgIpc) is 2.47. The van der Waals surface area contributed by atoms with Crippen LogP contribution in [0.15, 0.2) is 24.4 Å². The van der Waals surface area contributed by atoms with E-state index < -0.39 is 6.10 Å². The summed E-state index contributed by atoms with van der Waals surface area (Å²) in [6.07, 6.45) is 6.83. The number of hydrogen-bond donors (Lipinski definition) is 2. The van der Waals surface area contributed by atoms with Crippen LogP contribution in [0.4, 0.5) is 0 Å². The van der Waals surface area contributed by atoms with Crippen molar-refractivity contribution in [2.45, 2.75) is 45.1 Å². The normalized spacial score (nSPS) is 30.1. The molecule has 1 unspecified atom stereocenters. The van der Waals surface area contributed by atoms with E-state index in [0.29, 0.717) is 6.54 Å². The van der Waals surface area contributed by atoms with Crippen LogP contribution >= 0.6 is 0 Å². The van der Waals surface area contributed by atoms with Gasteiger partial charge in [-0.15, -0.1) is 0 Å². The van der Waals surface area contributed by atoms with Gasteiger partial charge in [-0.2, -0.15) is 0 Å². The third-order valence-electron chi connectivity index (χ3n) is 4.63. The molecule has 1 heterocycles. The van der Waals surface area contributed by atoms with Crippen molar-refractivity contribution in [3.63, 3.8) is 0 Å². The van der Waals surface area contributed by atoms with Crippen molar-refractivity contribution < 1.29 is 5.11 Å². The smallest absolute Gasteiger partial charge is 0.103 e. The van der Waals surface area contributed by atoms with Crippen LogP contribution < -0.4 is 5.73 Å². The maximum Gasteiger partial charge on any atom is 0.103 e. The summed E-state index contributed by atoms with van der Waals surface area (Å²) in [5.74, 6) is 0.806. The molecule has 0 amide bonds. The lowest BCUT2D eigenvalue weighted by atomic mass is 9.66.